The third-order valence-corrected chi connectivity index (χ3v) is 2.96. The average Bonchev–Trinajstić information content (AvgIpc) is 2.79. The van der Waals surface area contributed by atoms with Crippen LogP contribution < -0.4 is 5.32 Å². The van der Waals surface area contributed by atoms with E-state index < -0.39 is 0 Å². The fourth-order valence-corrected chi connectivity index (χ4v) is 1.87. The fraction of sp³-hybridized carbons (Fsp3) is 0.308. The molecule has 0 radical (unpaired) electrons. The first-order valence-corrected chi connectivity index (χ1v) is 5.94. The summed E-state index contributed by atoms with van der Waals surface area (Å²) in [5.41, 5.74) is 0.924. The lowest BCUT2D eigenvalue weighted by molar-refractivity contribution is 0.0935. The number of nitrogens with one attached hydrogen (secondary N) is 1. The van der Waals surface area contributed by atoms with E-state index in [-0.39, 0.29) is 23.3 Å². The summed E-state index contributed by atoms with van der Waals surface area (Å²) in [4.78, 5) is 12.1. The van der Waals surface area contributed by atoms with Crippen LogP contribution in [0.3, 0.4) is 0 Å². The Bertz CT molecular complexity index is 606. The van der Waals surface area contributed by atoms with Crippen LogP contribution >= 0.6 is 0 Å². The summed E-state index contributed by atoms with van der Waals surface area (Å²) in [6, 6.07) is 4.77. The van der Waals surface area contributed by atoms with E-state index in [0.29, 0.717) is 11.4 Å². The molecule has 1 heterocycles. The number of carbonyl (C=O) groups excluding carboxylic acids is 1. The molecule has 0 aliphatic rings. The molecule has 6 heteroatoms. The molecule has 0 fully saturated rings. The molecule has 0 saturated carbocycles. The Morgan fingerprint density at radius 1 is 1.47 bits per heavy atom. The molecule has 2 rings (SSSR count). The number of para-hydroxylation sites is 1. The molecule has 1 aromatic heterocycles. The van der Waals surface area contributed by atoms with Crippen molar-refractivity contribution in [2.75, 3.05) is 0 Å². The molecule has 1 amide bonds. The van der Waals surface area contributed by atoms with Gasteiger partial charge in [0.2, 0.25) is 0 Å². The van der Waals surface area contributed by atoms with Gasteiger partial charge in [-0.15, -0.1) is 10.2 Å². The van der Waals surface area contributed by atoms with Gasteiger partial charge in [0.25, 0.3) is 5.91 Å². The van der Waals surface area contributed by atoms with Crippen molar-refractivity contribution < 1.29 is 9.90 Å². The quantitative estimate of drug-likeness (QED) is 0.872. The summed E-state index contributed by atoms with van der Waals surface area (Å²) >= 11 is 0. The number of rotatable bonds is 3. The minimum absolute atomic E-state index is 0.00478. The largest absolute Gasteiger partial charge is 0.507 e. The Balaban J connectivity index is 2.18. The molecule has 0 spiro atoms. The molecular weight excluding hydrogens is 244 g/mol. The van der Waals surface area contributed by atoms with Crippen LogP contribution in [-0.4, -0.2) is 25.8 Å². The van der Waals surface area contributed by atoms with Crippen LogP contribution in [0, 0.1) is 6.92 Å². The Kier molecular flexibility index (Phi) is 3.50. The molecule has 2 aromatic rings. The van der Waals surface area contributed by atoms with E-state index in [1.807, 2.05) is 14.0 Å². The lowest BCUT2D eigenvalue weighted by Gasteiger charge is -2.14. The Labute approximate surface area is 111 Å². The van der Waals surface area contributed by atoms with Gasteiger partial charge in [-0.3, -0.25) is 4.79 Å². The first-order chi connectivity index (χ1) is 9.00. The van der Waals surface area contributed by atoms with Gasteiger partial charge in [-0.1, -0.05) is 12.1 Å². The van der Waals surface area contributed by atoms with Crippen LogP contribution in [0.25, 0.3) is 0 Å². The molecule has 2 N–H and O–H groups in total. The van der Waals surface area contributed by atoms with E-state index in [4.69, 9.17) is 0 Å². The maximum atomic E-state index is 12.1. The second kappa shape index (κ2) is 5.09. The lowest BCUT2D eigenvalue weighted by Crippen LogP contribution is -2.28. The number of phenols is 1. The number of nitrogens with zero attached hydrogens (tertiary/aromatic N) is 3. The van der Waals surface area contributed by atoms with Crippen molar-refractivity contribution in [3.8, 4) is 5.75 Å². The van der Waals surface area contributed by atoms with Crippen LogP contribution in [0.2, 0.25) is 0 Å². The number of aryl methyl sites for hydroxylation is 2. The highest BCUT2D eigenvalue weighted by molar-refractivity contribution is 5.97. The zero-order valence-corrected chi connectivity index (χ0v) is 11.1. The second-order valence-corrected chi connectivity index (χ2v) is 4.47. The molecule has 0 saturated heterocycles. The number of hydrogen-bond donors (Lipinski definition) is 2. The summed E-state index contributed by atoms with van der Waals surface area (Å²) in [6.07, 6.45) is 1.57. The first-order valence-electron chi connectivity index (χ1n) is 5.94. The summed E-state index contributed by atoms with van der Waals surface area (Å²) in [7, 11) is 1.81. The van der Waals surface area contributed by atoms with Crippen molar-refractivity contribution in [1.29, 1.82) is 0 Å². The zero-order chi connectivity index (χ0) is 14.0. The molecule has 0 aliphatic carbocycles. The number of benzene rings is 1. The lowest BCUT2D eigenvalue weighted by atomic mass is 10.1. The number of phenolic OH excluding ortho intramolecular Hbond substituents is 1. The number of hydrogen-bond acceptors (Lipinski definition) is 4. The number of amides is 1. The van der Waals surface area contributed by atoms with E-state index in [1.165, 1.54) is 0 Å². The van der Waals surface area contributed by atoms with Gasteiger partial charge in [0, 0.05) is 7.05 Å². The molecule has 6 nitrogen and oxygen atoms in total. The van der Waals surface area contributed by atoms with Gasteiger partial charge in [-0.25, -0.2) is 0 Å². The summed E-state index contributed by atoms with van der Waals surface area (Å²) in [6.45, 7) is 3.56. The fourth-order valence-electron chi connectivity index (χ4n) is 1.87. The van der Waals surface area contributed by atoms with Crippen molar-refractivity contribution in [2.45, 2.75) is 19.9 Å². The van der Waals surface area contributed by atoms with Crippen LogP contribution in [-0.2, 0) is 7.05 Å². The SMILES string of the molecule is Cc1cccc(C(=O)NC(C)c2nncn2C)c1O. The van der Waals surface area contributed by atoms with Crippen LogP contribution in [0.5, 0.6) is 5.75 Å². The number of aromatic hydroxyl groups is 1. The standard InChI is InChI=1S/C13H16N4O2/c1-8-5-4-6-10(11(8)18)13(19)15-9(2)12-16-14-7-17(12)3/h4-7,9,18H,1-3H3,(H,15,19). The summed E-state index contributed by atoms with van der Waals surface area (Å²) < 4.78 is 1.74. The third kappa shape index (κ3) is 2.57. The highest BCUT2D eigenvalue weighted by Crippen LogP contribution is 2.22. The van der Waals surface area contributed by atoms with E-state index in [0.717, 1.165) is 0 Å². The molecule has 1 unspecified atom stereocenters. The maximum Gasteiger partial charge on any atom is 0.255 e. The van der Waals surface area contributed by atoms with Gasteiger partial charge >= 0.3 is 0 Å². The van der Waals surface area contributed by atoms with Gasteiger partial charge in [0.1, 0.15) is 12.1 Å². The second-order valence-electron chi connectivity index (χ2n) is 4.47. The van der Waals surface area contributed by atoms with E-state index >= 15 is 0 Å². The monoisotopic (exact) mass is 260 g/mol. The highest BCUT2D eigenvalue weighted by Gasteiger charge is 2.18. The normalized spacial score (nSPS) is 12.2. The van der Waals surface area contributed by atoms with Crippen LogP contribution in [0.1, 0.15) is 34.7 Å². The van der Waals surface area contributed by atoms with E-state index in [1.54, 1.807) is 36.0 Å². The van der Waals surface area contributed by atoms with Gasteiger partial charge < -0.3 is 15.0 Å². The Morgan fingerprint density at radius 2 is 2.21 bits per heavy atom. The van der Waals surface area contributed by atoms with Gasteiger partial charge in [-0.05, 0) is 25.5 Å². The predicted molar refractivity (Wildman–Crippen MR) is 69.7 cm³/mol. The Morgan fingerprint density at radius 3 is 2.84 bits per heavy atom. The van der Waals surface area contributed by atoms with Gasteiger partial charge in [0.15, 0.2) is 5.82 Å². The van der Waals surface area contributed by atoms with Crippen LogP contribution in [0.4, 0.5) is 0 Å². The molecular formula is C13H16N4O2. The zero-order valence-electron chi connectivity index (χ0n) is 11.1. The Hall–Kier alpha value is -2.37. The van der Waals surface area contributed by atoms with E-state index in [2.05, 4.69) is 15.5 Å². The van der Waals surface area contributed by atoms with Crippen molar-refractivity contribution in [1.82, 2.24) is 20.1 Å². The maximum absolute atomic E-state index is 12.1. The minimum atomic E-state index is -0.336. The number of aromatic nitrogens is 3. The average molecular weight is 260 g/mol. The molecule has 1 atom stereocenters. The predicted octanol–water partition coefficient (Wildman–Crippen LogP) is 1.32. The van der Waals surface area contributed by atoms with Crippen molar-refractivity contribution >= 4 is 5.91 Å². The minimum Gasteiger partial charge on any atom is -0.507 e. The molecule has 100 valence electrons. The van der Waals surface area contributed by atoms with Crippen molar-refractivity contribution in [3.63, 3.8) is 0 Å². The summed E-state index contributed by atoms with van der Waals surface area (Å²) in [5, 5.41) is 20.4. The van der Waals surface area contributed by atoms with Gasteiger partial charge in [-0.2, -0.15) is 0 Å². The highest BCUT2D eigenvalue weighted by atomic mass is 16.3. The molecule has 0 bridgehead atoms. The third-order valence-electron chi connectivity index (χ3n) is 2.96. The molecule has 19 heavy (non-hydrogen) atoms. The van der Waals surface area contributed by atoms with Crippen LogP contribution in [0.15, 0.2) is 24.5 Å². The van der Waals surface area contributed by atoms with Crippen molar-refractivity contribution in [3.05, 3.63) is 41.5 Å². The smallest absolute Gasteiger partial charge is 0.255 e. The molecule has 0 aliphatic heterocycles. The first kappa shape index (κ1) is 13.1. The molecule has 1 aromatic carbocycles. The van der Waals surface area contributed by atoms with E-state index in [9.17, 15) is 9.90 Å². The summed E-state index contributed by atoms with van der Waals surface area (Å²) in [5.74, 6) is 0.322. The van der Waals surface area contributed by atoms with Crippen molar-refractivity contribution in [2.24, 2.45) is 7.05 Å². The van der Waals surface area contributed by atoms with Gasteiger partial charge in [0.05, 0.1) is 11.6 Å². The number of carbonyl (C=O) groups is 1. The topological polar surface area (TPSA) is 80.0 Å².